The number of benzene rings is 3. The standard InChI is InChI=1S/C39H44Cl3F2N3O9S/c1-39(37(48)45(27-13-14-27)21-26-7-4-8-30(40)34(26)41)29(25-11-9-24(10-12-25)6-5-18-54-36-32(44)16-15-31(43)35(36)42)20-28-22-57(52,53)23-33(39)46(28)38(49)55-17-2-3-19-56-47(50)51/h4,7-12,15-16,27-29,33,50-51H,2-3,5-6,13-14,17-23H2,1H3. The van der Waals surface area contributed by atoms with Crippen LogP contribution in [-0.4, -0.2) is 95.5 Å². The van der Waals surface area contributed by atoms with Crippen LogP contribution in [0, 0.1) is 17.0 Å². The van der Waals surface area contributed by atoms with Gasteiger partial charge in [0.1, 0.15) is 10.8 Å². The predicted octanol–water partition coefficient (Wildman–Crippen LogP) is 8.02. The lowest BCUT2D eigenvalue weighted by atomic mass is 9.62. The molecule has 3 fully saturated rings. The Bertz CT molecular complexity index is 2040. The quantitative estimate of drug-likeness (QED) is 0.0825. The van der Waals surface area contributed by atoms with Crippen LogP contribution in [0.1, 0.15) is 68.1 Å². The van der Waals surface area contributed by atoms with E-state index in [4.69, 9.17) is 54.7 Å². The Labute approximate surface area is 344 Å². The molecule has 2 aliphatic heterocycles. The summed E-state index contributed by atoms with van der Waals surface area (Å²) in [6.45, 7) is 1.85. The Hall–Kier alpha value is -3.28. The number of ether oxygens (including phenoxy) is 2. The minimum atomic E-state index is -3.70. The van der Waals surface area contributed by atoms with Gasteiger partial charge in [0.25, 0.3) is 0 Å². The smallest absolute Gasteiger partial charge is 0.410 e. The Balaban J connectivity index is 1.27. The van der Waals surface area contributed by atoms with E-state index in [0.29, 0.717) is 41.3 Å². The van der Waals surface area contributed by atoms with Crippen molar-refractivity contribution in [2.24, 2.45) is 5.41 Å². The van der Waals surface area contributed by atoms with Gasteiger partial charge in [-0.15, -0.1) is 0 Å². The largest absolute Gasteiger partial charge is 0.489 e. The van der Waals surface area contributed by atoms with Crippen molar-refractivity contribution in [3.8, 4) is 5.75 Å². The molecule has 2 amide bonds. The first kappa shape index (κ1) is 43.3. The number of nitrogens with zero attached hydrogens (tertiary/aromatic N) is 3. The van der Waals surface area contributed by atoms with Gasteiger partial charge >= 0.3 is 6.09 Å². The van der Waals surface area contributed by atoms with E-state index < -0.39 is 67.1 Å². The fraction of sp³-hybridized carbons (Fsp3) is 0.487. The number of sulfone groups is 1. The van der Waals surface area contributed by atoms with Crippen LogP contribution in [0.15, 0.2) is 54.6 Å². The van der Waals surface area contributed by atoms with Crippen molar-refractivity contribution in [1.29, 1.82) is 0 Å². The number of hydrogen-bond acceptors (Lipinski definition) is 10. The van der Waals surface area contributed by atoms with Crippen LogP contribution in [-0.2, 0) is 37.2 Å². The molecule has 1 saturated carbocycles. The highest BCUT2D eigenvalue weighted by atomic mass is 35.5. The molecule has 3 aliphatic rings. The topological polar surface area (TPSA) is 146 Å². The van der Waals surface area contributed by atoms with E-state index in [9.17, 15) is 22.0 Å². The van der Waals surface area contributed by atoms with Gasteiger partial charge in [0, 0.05) is 24.5 Å². The van der Waals surface area contributed by atoms with Crippen molar-refractivity contribution in [1.82, 2.24) is 15.2 Å². The van der Waals surface area contributed by atoms with Crippen LogP contribution < -0.4 is 4.74 Å². The fourth-order valence-electron chi connectivity index (χ4n) is 7.97. The molecule has 1 aliphatic carbocycles. The van der Waals surface area contributed by atoms with Gasteiger partial charge in [0.2, 0.25) is 5.91 Å². The van der Waals surface area contributed by atoms with Crippen LogP contribution in [0.25, 0.3) is 0 Å². The number of carbonyl (C=O) groups excluding carboxylic acids is 2. The first-order valence-corrected chi connectivity index (χ1v) is 21.6. The first-order chi connectivity index (χ1) is 27.1. The summed E-state index contributed by atoms with van der Waals surface area (Å²) in [5.41, 5.74) is 0.896. The summed E-state index contributed by atoms with van der Waals surface area (Å²) in [6, 6.07) is 12.7. The highest BCUT2D eigenvalue weighted by molar-refractivity contribution is 7.91. The zero-order chi connectivity index (χ0) is 41.1. The van der Waals surface area contributed by atoms with Crippen LogP contribution in [0.5, 0.6) is 5.75 Å². The number of halogens is 5. The van der Waals surface area contributed by atoms with Crippen molar-refractivity contribution >= 4 is 56.6 Å². The third kappa shape index (κ3) is 9.96. The molecule has 4 atom stereocenters. The molecule has 0 radical (unpaired) electrons. The zero-order valence-corrected chi connectivity index (χ0v) is 34.2. The molecule has 4 unspecified atom stereocenters. The predicted molar refractivity (Wildman–Crippen MR) is 207 cm³/mol. The summed E-state index contributed by atoms with van der Waals surface area (Å²) in [7, 11) is -3.70. The van der Waals surface area contributed by atoms with E-state index in [1.54, 1.807) is 30.0 Å². The minimum Gasteiger partial charge on any atom is -0.489 e. The highest BCUT2D eigenvalue weighted by Gasteiger charge is 2.62. The van der Waals surface area contributed by atoms with E-state index >= 15 is 4.79 Å². The van der Waals surface area contributed by atoms with E-state index in [2.05, 4.69) is 4.84 Å². The lowest BCUT2D eigenvalue weighted by molar-refractivity contribution is -0.492. The van der Waals surface area contributed by atoms with Gasteiger partial charge in [-0.1, -0.05) is 71.2 Å². The summed E-state index contributed by atoms with van der Waals surface area (Å²) in [5.74, 6) is -3.46. The van der Waals surface area contributed by atoms with Crippen LogP contribution in [0.4, 0.5) is 13.6 Å². The summed E-state index contributed by atoms with van der Waals surface area (Å²) in [6.07, 6.45) is 2.54. The molecule has 57 heavy (non-hydrogen) atoms. The molecule has 3 aromatic carbocycles. The van der Waals surface area contributed by atoms with Crippen LogP contribution >= 0.6 is 34.8 Å². The Morgan fingerprint density at radius 1 is 0.912 bits per heavy atom. The van der Waals surface area contributed by atoms with Gasteiger partial charge in [0.05, 0.1) is 58.2 Å². The third-order valence-corrected chi connectivity index (χ3v) is 13.9. The molecule has 0 aromatic heterocycles. The maximum Gasteiger partial charge on any atom is 0.410 e. The van der Waals surface area contributed by atoms with E-state index in [1.807, 2.05) is 24.3 Å². The average Bonchev–Trinajstić information content (AvgIpc) is 4.01. The summed E-state index contributed by atoms with van der Waals surface area (Å²) in [4.78, 5) is 37.0. The SMILES string of the molecule is CC1(C(=O)N(Cc2cccc(Cl)c2Cl)C2CC2)C(c2ccc(CCCOc3c(F)ccc(F)c3Cl)cc2)CC2CS(=O)(=O)CC1N2C(=O)OCCCCON(O)O. The molecular weight excluding hydrogens is 831 g/mol. The van der Waals surface area contributed by atoms with Crippen molar-refractivity contribution in [2.45, 2.75) is 82.5 Å². The van der Waals surface area contributed by atoms with E-state index in [-0.39, 0.29) is 56.2 Å². The second-order valence-electron chi connectivity index (χ2n) is 14.9. The number of carbonyl (C=O) groups is 2. The maximum atomic E-state index is 15.3. The maximum absolute atomic E-state index is 15.3. The molecule has 310 valence electrons. The molecule has 0 spiro atoms. The number of piperidine rings is 1. The summed E-state index contributed by atoms with van der Waals surface area (Å²) in [5, 5.41) is 17.3. The minimum absolute atomic E-state index is 0.0456. The molecule has 6 rings (SSSR count). The molecule has 2 saturated heterocycles. The van der Waals surface area contributed by atoms with Gasteiger partial charge < -0.3 is 14.4 Å². The number of fused-ring (bicyclic) bond motifs is 2. The fourth-order valence-corrected chi connectivity index (χ4v) is 10.6. The van der Waals surface area contributed by atoms with Crippen LogP contribution in [0.2, 0.25) is 15.1 Å². The van der Waals surface area contributed by atoms with Gasteiger partial charge in [-0.05, 0) is 86.8 Å². The molecule has 12 nitrogen and oxygen atoms in total. The number of aryl methyl sites for hydroxylation is 1. The molecule has 18 heteroatoms. The van der Waals surface area contributed by atoms with Crippen molar-refractivity contribution in [2.75, 3.05) is 31.3 Å². The van der Waals surface area contributed by atoms with E-state index in [1.165, 1.54) is 4.90 Å². The van der Waals surface area contributed by atoms with Gasteiger partial charge in [-0.25, -0.2) is 22.0 Å². The average molecular weight is 875 g/mol. The van der Waals surface area contributed by atoms with Crippen molar-refractivity contribution in [3.63, 3.8) is 0 Å². The number of amides is 2. The van der Waals surface area contributed by atoms with Gasteiger partial charge in [0.15, 0.2) is 21.4 Å². The van der Waals surface area contributed by atoms with Gasteiger partial charge in [-0.2, -0.15) is 0 Å². The monoisotopic (exact) mass is 873 g/mol. The number of unbranched alkanes of at least 4 members (excludes halogenated alkanes) is 1. The second kappa shape index (κ2) is 18.3. The van der Waals surface area contributed by atoms with E-state index in [0.717, 1.165) is 36.1 Å². The first-order valence-electron chi connectivity index (χ1n) is 18.7. The Kier molecular flexibility index (Phi) is 13.9. The second-order valence-corrected chi connectivity index (χ2v) is 18.2. The zero-order valence-electron chi connectivity index (χ0n) is 31.1. The van der Waals surface area contributed by atoms with Crippen LogP contribution in [0.3, 0.4) is 0 Å². The molecule has 3 aromatic rings. The van der Waals surface area contributed by atoms with Crippen molar-refractivity contribution < 1.29 is 51.5 Å². The molecule has 2 heterocycles. The lowest BCUT2D eigenvalue weighted by Crippen LogP contribution is -2.70. The molecule has 2 N–H and O–H groups in total. The Morgan fingerprint density at radius 3 is 2.32 bits per heavy atom. The number of rotatable bonds is 16. The molecular formula is C39H44Cl3F2N3O9S. The number of hydrogen-bond donors (Lipinski definition) is 2. The third-order valence-electron chi connectivity index (χ3n) is 11.0. The Morgan fingerprint density at radius 2 is 1.61 bits per heavy atom. The highest BCUT2D eigenvalue weighted by Crippen LogP contribution is 2.53. The summed E-state index contributed by atoms with van der Waals surface area (Å²) >= 11 is 18.9. The van der Waals surface area contributed by atoms with Crippen molar-refractivity contribution in [3.05, 3.63) is 98.0 Å². The summed E-state index contributed by atoms with van der Waals surface area (Å²) < 4.78 is 66.2. The lowest BCUT2D eigenvalue weighted by Gasteiger charge is -2.57. The normalized spacial score (nSPS) is 22.7. The van der Waals surface area contributed by atoms with Gasteiger partial charge in [-0.3, -0.25) is 24.9 Å². The molecule has 2 bridgehead atoms.